The van der Waals surface area contributed by atoms with Crippen LogP contribution in [0.1, 0.15) is 47.2 Å². The highest BCUT2D eigenvalue weighted by Gasteiger charge is 2.61. The molecule has 3 unspecified atom stereocenters. The number of methoxy groups -OCH3 is 5. The van der Waals surface area contributed by atoms with E-state index >= 15 is 0 Å². The number of amides is 1. The third-order valence-electron chi connectivity index (χ3n) is 9.33. The van der Waals surface area contributed by atoms with E-state index in [4.69, 9.17) is 45.2 Å². The van der Waals surface area contributed by atoms with Crippen LogP contribution in [0.4, 0.5) is 0 Å². The molecule has 16 heteroatoms. The summed E-state index contributed by atoms with van der Waals surface area (Å²) in [7, 11) is 3.11. The number of primary sulfonamides is 1. The van der Waals surface area contributed by atoms with Gasteiger partial charge in [-0.1, -0.05) is 30.7 Å². The monoisotopic (exact) mass is 758 g/mol. The fraction of sp³-hybridized carbons (Fsp3) is 0.361. The number of sulfonamides is 1. The average Bonchev–Trinajstić information content (AvgIpc) is 3.44. The summed E-state index contributed by atoms with van der Waals surface area (Å²) in [6.07, 6.45) is -0.253. The molecule has 3 atom stereocenters. The summed E-state index contributed by atoms with van der Waals surface area (Å²) >= 11 is 6.61. The number of fused-ring (bicyclic) bond motifs is 1. The van der Waals surface area contributed by atoms with Gasteiger partial charge in [0.15, 0.2) is 28.8 Å². The van der Waals surface area contributed by atoms with Crippen LogP contribution < -0.4 is 38.9 Å². The van der Waals surface area contributed by atoms with Gasteiger partial charge in [-0.15, -0.1) is 0 Å². The number of aliphatic hydroxyl groups is 1. The third-order valence-corrected chi connectivity index (χ3v) is 10.6. The molecule has 1 amide bonds. The van der Waals surface area contributed by atoms with E-state index in [9.17, 15) is 27.9 Å². The summed E-state index contributed by atoms with van der Waals surface area (Å²) in [5, 5.41) is 20.2. The van der Waals surface area contributed by atoms with E-state index in [0.717, 1.165) is 5.56 Å². The number of allylic oxidation sites excluding steroid dienone is 1. The van der Waals surface area contributed by atoms with Crippen LogP contribution in [0, 0.1) is 5.92 Å². The van der Waals surface area contributed by atoms with Crippen molar-refractivity contribution in [3.05, 3.63) is 75.5 Å². The van der Waals surface area contributed by atoms with Crippen molar-refractivity contribution >= 4 is 39.1 Å². The molecule has 0 saturated carbocycles. The van der Waals surface area contributed by atoms with Gasteiger partial charge in [-0.05, 0) is 41.8 Å². The Balaban J connectivity index is 1.58. The third kappa shape index (κ3) is 6.71. The lowest BCUT2D eigenvalue weighted by atomic mass is 9.69. The number of halogens is 1. The van der Waals surface area contributed by atoms with Crippen LogP contribution in [0.2, 0.25) is 5.02 Å². The van der Waals surface area contributed by atoms with E-state index in [2.05, 4.69) is 5.32 Å². The average molecular weight is 759 g/mol. The first kappa shape index (κ1) is 38.2. The van der Waals surface area contributed by atoms with Gasteiger partial charge in [0.1, 0.15) is 22.1 Å². The smallest absolute Gasteiger partial charge is 0.238 e. The lowest BCUT2D eigenvalue weighted by Crippen LogP contribution is -2.53. The van der Waals surface area contributed by atoms with E-state index in [1.165, 1.54) is 53.7 Å². The van der Waals surface area contributed by atoms with Gasteiger partial charge < -0.3 is 38.8 Å². The largest absolute Gasteiger partial charge is 0.507 e. The predicted octanol–water partition coefficient (Wildman–Crippen LogP) is 4.30. The first-order chi connectivity index (χ1) is 24.7. The van der Waals surface area contributed by atoms with Crippen LogP contribution in [0.25, 0.3) is 0 Å². The second-order valence-corrected chi connectivity index (χ2v) is 14.2. The van der Waals surface area contributed by atoms with Crippen molar-refractivity contribution in [2.45, 2.75) is 42.6 Å². The number of nitrogens with one attached hydrogen (secondary N) is 1. The SMILES string of the molecule is COc1cc(OC)c2c(c1Cl)OC1(C2=O)C(O)=C(C(CC(=O)NCCc2ccc(S(N)(=O)=O)cc2)c2cc(OC)c(OC)c(OC)c2)C(=O)CC1C. The zero-order valence-corrected chi connectivity index (χ0v) is 30.9. The molecule has 0 aromatic heterocycles. The van der Waals surface area contributed by atoms with Crippen molar-refractivity contribution in [2.75, 3.05) is 42.1 Å². The number of benzene rings is 3. The minimum atomic E-state index is -3.86. The highest BCUT2D eigenvalue weighted by Crippen LogP contribution is 2.56. The molecule has 5 rings (SSSR count). The minimum Gasteiger partial charge on any atom is -0.507 e. The number of nitrogens with two attached hydrogens (primary N) is 1. The molecule has 1 heterocycles. The molecule has 0 radical (unpaired) electrons. The number of carbonyl (C=O) groups is 3. The molecule has 278 valence electrons. The second-order valence-electron chi connectivity index (χ2n) is 12.3. The lowest BCUT2D eigenvalue weighted by molar-refractivity contribution is -0.121. The first-order valence-corrected chi connectivity index (χ1v) is 17.9. The van der Waals surface area contributed by atoms with Crippen LogP contribution >= 0.6 is 11.6 Å². The van der Waals surface area contributed by atoms with Gasteiger partial charge >= 0.3 is 0 Å². The number of carbonyl (C=O) groups excluding carboxylic acids is 3. The maximum Gasteiger partial charge on any atom is 0.238 e. The maximum absolute atomic E-state index is 14.4. The molecule has 52 heavy (non-hydrogen) atoms. The fourth-order valence-electron chi connectivity index (χ4n) is 6.68. The van der Waals surface area contributed by atoms with Gasteiger partial charge in [-0.2, -0.15) is 0 Å². The standard InChI is InChI=1S/C36H39ClN2O12S/c1-18-13-23(40)29(34(42)36(18)35(43)30-24(46-2)17-25(47-3)31(37)33(30)51-36)22(20-14-26(48-4)32(50-6)27(15-20)49-5)16-28(41)39-12-11-19-7-9-21(10-8-19)52(38,44)45/h7-10,14-15,17-18,22,42H,11-13,16H2,1-6H3,(H,39,41)(H2,38,44,45). The van der Waals surface area contributed by atoms with Crippen LogP contribution in [0.3, 0.4) is 0 Å². The number of hydrogen-bond acceptors (Lipinski definition) is 12. The summed E-state index contributed by atoms with van der Waals surface area (Å²) in [6, 6.07) is 10.5. The Hall–Kier alpha value is -4.99. The number of ketones is 2. The Bertz CT molecular complexity index is 2040. The van der Waals surface area contributed by atoms with Crippen LogP contribution in [-0.2, 0) is 26.0 Å². The highest BCUT2D eigenvalue weighted by molar-refractivity contribution is 7.89. The molecule has 0 bridgehead atoms. The van der Waals surface area contributed by atoms with Crippen molar-refractivity contribution in [3.63, 3.8) is 0 Å². The lowest BCUT2D eigenvalue weighted by Gasteiger charge is -2.38. The van der Waals surface area contributed by atoms with Gasteiger partial charge in [0.05, 0.1) is 40.4 Å². The molecule has 0 fully saturated rings. The van der Waals surface area contributed by atoms with Crippen molar-refractivity contribution in [2.24, 2.45) is 11.1 Å². The molecule has 14 nitrogen and oxygen atoms in total. The summed E-state index contributed by atoms with van der Waals surface area (Å²) in [4.78, 5) is 42.0. The summed E-state index contributed by atoms with van der Waals surface area (Å²) in [6.45, 7) is 1.75. The molecule has 0 saturated heterocycles. The minimum absolute atomic E-state index is 0.0261. The number of rotatable bonds is 13. The zero-order valence-electron chi connectivity index (χ0n) is 29.3. The van der Waals surface area contributed by atoms with Gasteiger partial charge in [-0.3, -0.25) is 14.4 Å². The normalized spacial score (nSPS) is 18.8. The Morgan fingerprint density at radius 1 is 0.981 bits per heavy atom. The van der Waals surface area contributed by atoms with E-state index in [0.29, 0.717) is 12.0 Å². The summed E-state index contributed by atoms with van der Waals surface area (Å²) in [5.74, 6) is -3.50. The van der Waals surface area contributed by atoms with Gasteiger partial charge in [-0.25, -0.2) is 13.6 Å². The second kappa shape index (κ2) is 14.9. The molecular weight excluding hydrogens is 720 g/mol. The molecule has 1 spiro atoms. The van der Waals surface area contributed by atoms with Gasteiger partial charge in [0.2, 0.25) is 33.1 Å². The molecule has 1 aliphatic carbocycles. The summed E-state index contributed by atoms with van der Waals surface area (Å²) in [5.41, 5.74) is -1.27. The van der Waals surface area contributed by atoms with Crippen LogP contribution in [-0.4, -0.2) is 78.7 Å². The van der Waals surface area contributed by atoms with E-state index in [-0.39, 0.29) is 74.9 Å². The fourth-order valence-corrected chi connectivity index (χ4v) is 7.46. The van der Waals surface area contributed by atoms with E-state index in [1.807, 2.05) is 0 Å². The molecular formula is C36H39ClN2O12S. The van der Waals surface area contributed by atoms with Crippen molar-refractivity contribution < 1.29 is 56.3 Å². The predicted molar refractivity (Wildman–Crippen MR) is 189 cm³/mol. The topological polar surface area (TPSA) is 199 Å². The Morgan fingerprint density at radius 2 is 1.58 bits per heavy atom. The van der Waals surface area contributed by atoms with Crippen LogP contribution in [0.15, 0.2) is 58.7 Å². The van der Waals surface area contributed by atoms with Crippen molar-refractivity contribution in [1.82, 2.24) is 5.32 Å². The van der Waals surface area contributed by atoms with E-state index in [1.54, 1.807) is 31.2 Å². The molecule has 2 aliphatic rings. The van der Waals surface area contributed by atoms with Gasteiger partial charge in [0, 0.05) is 42.9 Å². The van der Waals surface area contributed by atoms with Crippen molar-refractivity contribution in [1.29, 1.82) is 0 Å². The Labute approximate surface area is 305 Å². The number of aliphatic hydroxyl groups excluding tert-OH is 1. The summed E-state index contributed by atoms with van der Waals surface area (Å²) < 4.78 is 57.0. The number of hydrogen-bond donors (Lipinski definition) is 3. The Kier molecular flexibility index (Phi) is 11.0. The molecule has 1 aliphatic heterocycles. The molecule has 4 N–H and O–H groups in total. The maximum atomic E-state index is 14.4. The Morgan fingerprint density at radius 3 is 2.12 bits per heavy atom. The quantitative estimate of drug-likeness (QED) is 0.224. The van der Waals surface area contributed by atoms with Crippen LogP contribution in [0.5, 0.6) is 34.5 Å². The number of ether oxygens (including phenoxy) is 6. The van der Waals surface area contributed by atoms with E-state index < -0.39 is 50.7 Å². The first-order valence-electron chi connectivity index (χ1n) is 16.0. The van der Waals surface area contributed by atoms with Gasteiger partial charge in [0.25, 0.3) is 0 Å². The molecule has 3 aromatic carbocycles. The van der Waals surface area contributed by atoms with Crippen molar-refractivity contribution in [3.8, 4) is 34.5 Å². The highest BCUT2D eigenvalue weighted by atomic mass is 35.5. The molecule has 3 aromatic rings. The number of Topliss-reactive ketones (excluding diaryl/α,β-unsaturated/α-hetero) is 2. The zero-order chi connectivity index (χ0) is 38.1.